The van der Waals surface area contributed by atoms with Crippen LogP contribution in [0.2, 0.25) is 0 Å². The third-order valence-corrected chi connectivity index (χ3v) is 2.40. The van der Waals surface area contributed by atoms with Crippen LogP contribution in [0.5, 0.6) is 0 Å². The predicted octanol–water partition coefficient (Wildman–Crippen LogP) is 0.450. The van der Waals surface area contributed by atoms with Crippen LogP contribution in [0.3, 0.4) is 0 Å². The van der Waals surface area contributed by atoms with Crippen LogP contribution in [0.4, 0.5) is 0 Å². The SMILES string of the molecule is [CH2]S(=O)(=O)N(CC)CC. The third-order valence-electron chi connectivity index (χ3n) is 1.10. The standard InChI is InChI=1S/C5H12NO2S/c1-4-6(5-2)9(3,7)8/h3-5H2,1-2H3. The van der Waals surface area contributed by atoms with E-state index in [-0.39, 0.29) is 0 Å². The summed E-state index contributed by atoms with van der Waals surface area (Å²) in [6.45, 7) is 4.57. The summed E-state index contributed by atoms with van der Waals surface area (Å²) in [6, 6.07) is 0. The zero-order chi connectivity index (χ0) is 7.49. The second-order valence-electron chi connectivity index (χ2n) is 1.70. The van der Waals surface area contributed by atoms with Gasteiger partial charge in [-0.25, -0.2) is 12.7 Å². The summed E-state index contributed by atoms with van der Waals surface area (Å²) in [5, 5.41) is 0. The highest BCUT2D eigenvalue weighted by molar-refractivity contribution is 7.90. The lowest BCUT2D eigenvalue weighted by Gasteiger charge is -2.13. The van der Waals surface area contributed by atoms with Crippen molar-refractivity contribution in [2.24, 2.45) is 0 Å². The van der Waals surface area contributed by atoms with Crippen LogP contribution >= 0.6 is 0 Å². The average molecular weight is 150 g/mol. The molecule has 1 radical (unpaired) electrons. The van der Waals surface area contributed by atoms with E-state index < -0.39 is 10.0 Å². The van der Waals surface area contributed by atoms with E-state index in [9.17, 15) is 8.42 Å². The first kappa shape index (κ1) is 8.91. The molecule has 0 fully saturated rings. The van der Waals surface area contributed by atoms with Gasteiger partial charge in [0.2, 0.25) is 10.0 Å². The van der Waals surface area contributed by atoms with Crippen LogP contribution in [0, 0.1) is 6.26 Å². The van der Waals surface area contributed by atoms with E-state index in [1.165, 1.54) is 4.31 Å². The van der Waals surface area contributed by atoms with E-state index in [2.05, 4.69) is 6.26 Å². The molecule has 0 N–H and O–H groups in total. The molecule has 55 valence electrons. The van der Waals surface area contributed by atoms with Crippen molar-refractivity contribution in [3.8, 4) is 0 Å². The van der Waals surface area contributed by atoms with Crippen molar-refractivity contribution in [3.05, 3.63) is 6.26 Å². The van der Waals surface area contributed by atoms with E-state index in [4.69, 9.17) is 0 Å². The van der Waals surface area contributed by atoms with Crippen molar-refractivity contribution in [1.82, 2.24) is 4.31 Å². The average Bonchev–Trinajstić information content (AvgIpc) is 1.65. The fourth-order valence-electron chi connectivity index (χ4n) is 0.617. The first-order valence-corrected chi connectivity index (χ1v) is 4.46. The molecular formula is C5H12NO2S. The molecule has 0 aliphatic heterocycles. The molecule has 0 bridgehead atoms. The number of sulfonamides is 1. The molecule has 0 aromatic carbocycles. The Morgan fingerprint density at radius 1 is 1.33 bits per heavy atom. The number of hydrogen-bond acceptors (Lipinski definition) is 2. The predicted molar refractivity (Wildman–Crippen MR) is 37.2 cm³/mol. The first-order chi connectivity index (χ1) is 4.02. The molecule has 0 saturated heterocycles. The van der Waals surface area contributed by atoms with Crippen molar-refractivity contribution in [2.45, 2.75) is 13.8 Å². The zero-order valence-electron chi connectivity index (χ0n) is 5.79. The second kappa shape index (κ2) is 3.17. The molecule has 0 amide bonds. The monoisotopic (exact) mass is 150 g/mol. The van der Waals surface area contributed by atoms with Crippen LogP contribution in [-0.4, -0.2) is 25.8 Å². The summed E-state index contributed by atoms with van der Waals surface area (Å²) in [5.74, 6) is 0. The van der Waals surface area contributed by atoms with Crippen molar-refractivity contribution < 1.29 is 8.42 Å². The van der Waals surface area contributed by atoms with Crippen LogP contribution < -0.4 is 0 Å². The van der Waals surface area contributed by atoms with Gasteiger partial charge in [-0.1, -0.05) is 13.8 Å². The Labute approximate surface area is 56.7 Å². The third kappa shape index (κ3) is 2.81. The maximum atomic E-state index is 10.6. The smallest absolute Gasteiger partial charge is 0.212 e. The Morgan fingerprint density at radius 3 is 1.67 bits per heavy atom. The van der Waals surface area contributed by atoms with Gasteiger partial charge < -0.3 is 0 Å². The highest BCUT2D eigenvalue weighted by Crippen LogP contribution is 1.95. The van der Waals surface area contributed by atoms with Gasteiger partial charge in [0.1, 0.15) is 0 Å². The molecule has 0 aromatic heterocycles. The summed E-state index contributed by atoms with van der Waals surface area (Å²) >= 11 is 0. The second-order valence-corrected chi connectivity index (χ2v) is 3.38. The van der Waals surface area contributed by atoms with E-state index in [1.807, 2.05) is 0 Å². The highest BCUT2D eigenvalue weighted by Gasteiger charge is 2.10. The molecule has 9 heavy (non-hydrogen) atoms. The molecule has 0 atom stereocenters. The van der Waals surface area contributed by atoms with Gasteiger partial charge in [-0.15, -0.1) is 0 Å². The molecule has 0 aliphatic rings. The Morgan fingerprint density at radius 2 is 1.67 bits per heavy atom. The van der Waals surface area contributed by atoms with Crippen molar-refractivity contribution in [3.63, 3.8) is 0 Å². The summed E-state index contributed by atoms with van der Waals surface area (Å²) in [7, 11) is -3.18. The maximum Gasteiger partial charge on any atom is 0.215 e. The molecule has 4 heteroatoms. The van der Waals surface area contributed by atoms with E-state index in [0.717, 1.165) is 0 Å². The van der Waals surface area contributed by atoms with Gasteiger partial charge in [-0.05, 0) is 0 Å². The summed E-state index contributed by atoms with van der Waals surface area (Å²) in [5.41, 5.74) is 0. The van der Waals surface area contributed by atoms with Crippen molar-refractivity contribution >= 4 is 10.0 Å². The van der Waals surface area contributed by atoms with Gasteiger partial charge in [0.25, 0.3) is 0 Å². The topological polar surface area (TPSA) is 37.4 Å². The summed E-state index contributed by atoms with van der Waals surface area (Å²) in [6.07, 6.45) is 3.01. The van der Waals surface area contributed by atoms with E-state index in [0.29, 0.717) is 13.1 Å². The lowest BCUT2D eigenvalue weighted by atomic mass is 10.7. The molecule has 0 aromatic rings. The van der Waals surface area contributed by atoms with Crippen LogP contribution in [0.1, 0.15) is 13.8 Å². The molecule has 0 spiro atoms. The zero-order valence-corrected chi connectivity index (χ0v) is 6.61. The minimum absolute atomic E-state index is 0.502. The molecule has 0 unspecified atom stereocenters. The Kier molecular flexibility index (Phi) is 3.14. The molecule has 0 heterocycles. The van der Waals surface area contributed by atoms with Crippen LogP contribution in [0.25, 0.3) is 0 Å². The van der Waals surface area contributed by atoms with Gasteiger partial charge in [-0.3, -0.25) is 0 Å². The number of hydrogen-bond donors (Lipinski definition) is 0. The minimum Gasteiger partial charge on any atom is -0.212 e. The van der Waals surface area contributed by atoms with Gasteiger partial charge in [0.15, 0.2) is 0 Å². The highest BCUT2D eigenvalue weighted by atomic mass is 32.2. The van der Waals surface area contributed by atoms with Crippen LogP contribution in [0.15, 0.2) is 0 Å². The Balaban J connectivity index is 4.14. The van der Waals surface area contributed by atoms with Gasteiger partial charge in [-0.2, -0.15) is 0 Å². The number of nitrogens with zero attached hydrogens (tertiary/aromatic N) is 1. The van der Waals surface area contributed by atoms with Crippen molar-refractivity contribution in [2.75, 3.05) is 13.1 Å². The number of rotatable bonds is 3. The summed E-state index contributed by atoms with van der Waals surface area (Å²) < 4.78 is 22.5. The normalized spacial score (nSPS) is 12.4. The van der Waals surface area contributed by atoms with E-state index in [1.54, 1.807) is 13.8 Å². The lowest BCUT2D eigenvalue weighted by molar-refractivity contribution is 0.452. The molecule has 3 nitrogen and oxygen atoms in total. The fourth-order valence-corrected chi connectivity index (χ4v) is 1.40. The first-order valence-electron chi connectivity index (χ1n) is 2.85. The largest absolute Gasteiger partial charge is 0.215 e. The minimum atomic E-state index is -3.18. The molecular weight excluding hydrogens is 138 g/mol. The van der Waals surface area contributed by atoms with Gasteiger partial charge >= 0.3 is 0 Å². The quantitative estimate of drug-likeness (QED) is 0.585. The molecule has 0 aliphatic carbocycles. The molecule has 0 rings (SSSR count). The van der Waals surface area contributed by atoms with Crippen molar-refractivity contribution in [1.29, 1.82) is 0 Å². The fraction of sp³-hybridized carbons (Fsp3) is 0.800. The van der Waals surface area contributed by atoms with Gasteiger partial charge in [0.05, 0.1) is 6.26 Å². The Bertz CT molecular complexity index is 158. The maximum absolute atomic E-state index is 10.6. The van der Waals surface area contributed by atoms with E-state index >= 15 is 0 Å². The lowest BCUT2D eigenvalue weighted by Crippen LogP contribution is -2.27. The Hall–Kier alpha value is -0.0900. The van der Waals surface area contributed by atoms with Crippen LogP contribution in [-0.2, 0) is 10.0 Å². The molecule has 0 saturated carbocycles. The summed E-state index contributed by atoms with van der Waals surface area (Å²) in [4.78, 5) is 0. The van der Waals surface area contributed by atoms with Gasteiger partial charge in [0, 0.05) is 13.1 Å².